The highest BCUT2D eigenvalue weighted by Gasteiger charge is 2.32. The lowest BCUT2D eigenvalue weighted by Gasteiger charge is -2.36. The molecule has 0 unspecified atom stereocenters. The molecular formula is C34H41N5O7. The molecule has 3 amide bonds. The van der Waals surface area contributed by atoms with E-state index in [1.54, 1.807) is 42.7 Å². The van der Waals surface area contributed by atoms with Crippen molar-refractivity contribution in [2.45, 2.75) is 77.0 Å². The van der Waals surface area contributed by atoms with Crippen molar-refractivity contribution >= 4 is 23.7 Å². The number of furan rings is 1. The third-order valence-corrected chi connectivity index (χ3v) is 7.83. The van der Waals surface area contributed by atoms with Crippen LogP contribution < -0.4 is 10.1 Å². The molecule has 1 aliphatic heterocycles. The number of carbonyl (C=O) groups is 4. The van der Waals surface area contributed by atoms with Crippen molar-refractivity contribution in [3.63, 3.8) is 0 Å². The molecule has 0 bridgehead atoms. The third kappa shape index (κ3) is 8.70. The van der Waals surface area contributed by atoms with Gasteiger partial charge in [0.25, 0.3) is 11.8 Å². The van der Waals surface area contributed by atoms with Gasteiger partial charge in [0, 0.05) is 44.2 Å². The van der Waals surface area contributed by atoms with E-state index in [0.29, 0.717) is 30.4 Å². The highest BCUT2D eigenvalue weighted by molar-refractivity contribution is 5.97. The second kappa shape index (κ2) is 14.6. The lowest BCUT2D eigenvalue weighted by Crippen LogP contribution is -2.56. The van der Waals surface area contributed by atoms with Gasteiger partial charge in [-0.1, -0.05) is 30.3 Å². The van der Waals surface area contributed by atoms with Crippen molar-refractivity contribution in [2.24, 2.45) is 0 Å². The molecule has 46 heavy (non-hydrogen) atoms. The van der Waals surface area contributed by atoms with E-state index in [1.165, 1.54) is 12.3 Å². The summed E-state index contributed by atoms with van der Waals surface area (Å²) in [5.41, 5.74) is 0.0695. The first-order valence-corrected chi connectivity index (χ1v) is 15.8. The van der Waals surface area contributed by atoms with Gasteiger partial charge >= 0.3 is 5.97 Å². The second-order valence-electron chi connectivity index (χ2n) is 12.6. The molecule has 1 saturated carbocycles. The molecule has 2 aromatic heterocycles. The van der Waals surface area contributed by atoms with Crippen LogP contribution in [-0.2, 0) is 14.3 Å². The monoisotopic (exact) mass is 631 g/mol. The average Bonchev–Trinajstić information content (AvgIpc) is 3.77. The molecular weight excluding hydrogens is 590 g/mol. The van der Waals surface area contributed by atoms with Crippen molar-refractivity contribution < 1.29 is 33.1 Å². The van der Waals surface area contributed by atoms with Crippen LogP contribution in [0.25, 0.3) is 11.4 Å². The third-order valence-electron chi connectivity index (χ3n) is 7.83. The number of hydrogen-bond donors (Lipinski definition) is 1. The van der Waals surface area contributed by atoms with Crippen molar-refractivity contribution in [1.29, 1.82) is 0 Å². The lowest BCUT2D eigenvalue weighted by molar-refractivity contribution is -0.155. The van der Waals surface area contributed by atoms with Crippen LogP contribution in [-0.4, -0.2) is 87.4 Å². The fraction of sp³-hybridized carbons (Fsp3) is 0.471. The van der Waals surface area contributed by atoms with E-state index in [0.717, 1.165) is 25.7 Å². The van der Waals surface area contributed by atoms with Crippen LogP contribution in [0.2, 0.25) is 0 Å². The first-order valence-electron chi connectivity index (χ1n) is 15.8. The molecule has 5 rings (SSSR count). The summed E-state index contributed by atoms with van der Waals surface area (Å²) in [5.74, 6) is -0.824. The van der Waals surface area contributed by atoms with E-state index in [2.05, 4.69) is 15.3 Å². The topological polar surface area (TPSA) is 144 Å². The summed E-state index contributed by atoms with van der Waals surface area (Å²) in [6.45, 7) is 6.42. The Morgan fingerprint density at radius 1 is 0.957 bits per heavy atom. The lowest BCUT2D eigenvalue weighted by atomic mass is 10.1. The van der Waals surface area contributed by atoms with E-state index in [9.17, 15) is 19.2 Å². The molecule has 1 saturated heterocycles. The summed E-state index contributed by atoms with van der Waals surface area (Å²) >= 11 is 0. The minimum atomic E-state index is -1.04. The largest absolute Gasteiger partial charge is 0.474 e. The zero-order chi connectivity index (χ0) is 32.7. The number of rotatable bonds is 10. The summed E-state index contributed by atoms with van der Waals surface area (Å²) in [6, 6.07) is 13.0. The summed E-state index contributed by atoms with van der Waals surface area (Å²) < 4.78 is 16.8. The number of piperazine rings is 1. The van der Waals surface area contributed by atoms with Gasteiger partial charge in [-0.15, -0.1) is 0 Å². The molecule has 12 heteroatoms. The standard InChI is InChI=1S/C34H41N5O7/c1-34(2,3)46-29(40)16-15-25(32(42)38-17-19-39(20-18-38)33(43)27-14-9-21-44-27)36-31(41)26-22-28(45-24-12-7-8-13-24)37-30(35-26)23-10-5-4-6-11-23/h4-6,9-11,14,21-22,24-25H,7-8,12-13,15-20H2,1-3H3,(H,36,41)/t25-/m0/s1. The Bertz CT molecular complexity index is 1510. The van der Waals surface area contributed by atoms with E-state index >= 15 is 0 Å². The van der Waals surface area contributed by atoms with Gasteiger partial charge in [0.15, 0.2) is 11.6 Å². The summed E-state index contributed by atoms with van der Waals surface area (Å²) in [5, 5.41) is 2.83. The van der Waals surface area contributed by atoms with Gasteiger partial charge in [-0.3, -0.25) is 19.2 Å². The Kier molecular flexibility index (Phi) is 10.3. The maximum absolute atomic E-state index is 13.8. The molecule has 0 radical (unpaired) electrons. The van der Waals surface area contributed by atoms with Gasteiger partial charge in [-0.25, -0.2) is 4.98 Å². The zero-order valence-electron chi connectivity index (χ0n) is 26.6. The molecule has 0 spiro atoms. The smallest absolute Gasteiger partial charge is 0.306 e. The van der Waals surface area contributed by atoms with Crippen LogP contribution in [0.4, 0.5) is 0 Å². The number of nitrogens with one attached hydrogen (secondary N) is 1. The number of benzene rings is 1. The number of esters is 1. The fourth-order valence-electron chi connectivity index (χ4n) is 5.55. The van der Waals surface area contributed by atoms with E-state index in [4.69, 9.17) is 13.9 Å². The Morgan fingerprint density at radius 3 is 2.30 bits per heavy atom. The van der Waals surface area contributed by atoms with E-state index < -0.39 is 23.5 Å². The second-order valence-corrected chi connectivity index (χ2v) is 12.6. The number of nitrogens with zero attached hydrogens (tertiary/aromatic N) is 4. The van der Waals surface area contributed by atoms with Gasteiger partial charge < -0.3 is 29.0 Å². The van der Waals surface area contributed by atoms with Crippen LogP contribution >= 0.6 is 0 Å². The summed E-state index contributed by atoms with van der Waals surface area (Å²) in [7, 11) is 0. The predicted octanol–water partition coefficient (Wildman–Crippen LogP) is 4.26. The molecule has 12 nitrogen and oxygen atoms in total. The number of ether oxygens (including phenoxy) is 2. The highest BCUT2D eigenvalue weighted by atomic mass is 16.6. The SMILES string of the molecule is CC(C)(C)OC(=O)CC[C@H](NC(=O)c1cc(OC2CCCC2)nc(-c2ccccc2)n1)C(=O)N1CCN(C(=O)c2ccco2)CC1. The first kappa shape index (κ1) is 32.6. The maximum atomic E-state index is 13.8. The fourth-order valence-corrected chi connectivity index (χ4v) is 5.55. The average molecular weight is 632 g/mol. The number of aromatic nitrogens is 2. The Labute approximate surface area is 268 Å². The van der Waals surface area contributed by atoms with Crippen molar-refractivity contribution in [3.8, 4) is 17.3 Å². The zero-order valence-corrected chi connectivity index (χ0v) is 26.6. The highest BCUT2D eigenvalue weighted by Crippen LogP contribution is 2.26. The van der Waals surface area contributed by atoms with Crippen molar-refractivity contribution in [1.82, 2.24) is 25.1 Å². The molecule has 1 aromatic carbocycles. The van der Waals surface area contributed by atoms with Crippen LogP contribution in [0.5, 0.6) is 5.88 Å². The van der Waals surface area contributed by atoms with Crippen LogP contribution in [0, 0.1) is 0 Å². The molecule has 1 aliphatic carbocycles. The molecule has 1 N–H and O–H groups in total. The number of amides is 3. The van der Waals surface area contributed by atoms with Gasteiger partial charge in [0.1, 0.15) is 23.4 Å². The molecule has 3 heterocycles. The summed E-state index contributed by atoms with van der Waals surface area (Å²) in [6.07, 6.45) is 5.35. The molecule has 2 aliphatic rings. The van der Waals surface area contributed by atoms with Gasteiger partial charge in [-0.2, -0.15) is 4.98 Å². The minimum absolute atomic E-state index is 0.0101. The Morgan fingerprint density at radius 2 is 1.65 bits per heavy atom. The quantitative estimate of drug-likeness (QED) is 0.325. The van der Waals surface area contributed by atoms with Crippen LogP contribution in [0.3, 0.4) is 0 Å². The number of carbonyl (C=O) groups excluding carboxylic acids is 4. The van der Waals surface area contributed by atoms with Crippen molar-refractivity contribution in [3.05, 3.63) is 66.2 Å². The van der Waals surface area contributed by atoms with Gasteiger partial charge in [-0.05, 0) is 65.0 Å². The molecule has 3 aromatic rings. The predicted molar refractivity (Wildman–Crippen MR) is 168 cm³/mol. The van der Waals surface area contributed by atoms with Crippen LogP contribution in [0.1, 0.15) is 80.3 Å². The minimum Gasteiger partial charge on any atom is -0.474 e. The maximum Gasteiger partial charge on any atom is 0.306 e. The van der Waals surface area contributed by atoms with E-state index in [1.807, 2.05) is 30.3 Å². The molecule has 2 fully saturated rings. The summed E-state index contributed by atoms with van der Waals surface area (Å²) in [4.78, 5) is 65.2. The van der Waals surface area contributed by atoms with Crippen LogP contribution in [0.15, 0.2) is 59.2 Å². The van der Waals surface area contributed by atoms with Crippen molar-refractivity contribution in [2.75, 3.05) is 26.2 Å². The Hall–Kier alpha value is -4.74. The normalized spacial score (nSPS) is 16.2. The van der Waals surface area contributed by atoms with Gasteiger partial charge in [0.2, 0.25) is 11.8 Å². The Balaban J connectivity index is 1.33. The van der Waals surface area contributed by atoms with Gasteiger partial charge in [0.05, 0.1) is 6.26 Å². The number of hydrogen-bond acceptors (Lipinski definition) is 9. The first-order chi connectivity index (χ1) is 22.1. The molecule has 1 atom stereocenters. The van der Waals surface area contributed by atoms with E-state index in [-0.39, 0.29) is 55.3 Å². The molecule has 244 valence electrons.